The first-order chi connectivity index (χ1) is 15.6. The molecule has 33 heavy (non-hydrogen) atoms. The number of nitrogens with zero attached hydrogens (tertiary/aromatic N) is 3. The number of carbonyl (C=O) groups is 1. The van der Waals surface area contributed by atoms with Crippen LogP contribution in [0.4, 0.5) is 9.18 Å². The summed E-state index contributed by atoms with van der Waals surface area (Å²) in [6.07, 6.45) is 0.818. The highest BCUT2D eigenvalue weighted by atomic mass is 127. The number of halogens is 2. The lowest BCUT2D eigenvalue weighted by Crippen LogP contribution is -2.38. The molecule has 4 rings (SSSR count). The van der Waals surface area contributed by atoms with Gasteiger partial charge in [-0.3, -0.25) is 14.3 Å². The van der Waals surface area contributed by atoms with Gasteiger partial charge in [0.05, 0.1) is 24.2 Å². The van der Waals surface area contributed by atoms with Crippen molar-refractivity contribution in [2.24, 2.45) is 0 Å². The molecule has 1 saturated heterocycles. The van der Waals surface area contributed by atoms with Gasteiger partial charge in [0.15, 0.2) is 5.82 Å². The SMILES string of the molecule is COc1ccc(-n2c([C@@H]3CCCN3C(=O)OC(C)(C)C)nc3c(F)cc(I)cc3c2=O)cc1. The maximum Gasteiger partial charge on any atom is 0.410 e. The third-order valence-electron chi connectivity index (χ3n) is 5.43. The van der Waals surface area contributed by atoms with Crippen LogP contribution < -0.4 is 10.3 Å². The highest BCUT2D eigenvalue weighted by molar-refractivity contribution is 14.1. The molecule has 0 radical (unpaired) electrons. The first-order valence-corrected chi connectivity index (χ1v) is 11.7. The molecule has 1 aliphatic heterocycles. The van der Waals surface area contributed by atoms with Gasteiger partial charge in [0, 0.05) is 10.1 Å². The van der Waals surface area contributed by atoms with Crippen molar-refractivity contribution in [2.75, 3.05) is 13.7 Å². The van der Waals surface area contributed by atoms with E-state index in [0.29, 0.717) is 33.8 Å². The average Bonchev–Trinajstić information content (AvgIpc) is 3.23. The Morgan fingerprint density at radius 3 is 2.55 bits per heavy atom. The molecule has 7 nitrogen and oxygen atoms in total. The lowest BCUT2D eigenvalue weighted by molar-refractivity contribution is 0.0216. The second-order valence-corrected chi connectivity index (χ2v) is 10.2. The van der Waals surface area contributed by atoms with E-state index in [9.17, 15) is 14.0 Å². The van der Waals surface area contributed by atoms with Gasteiger partial charge in [-0.2, -0.15) is 0 Å². The van der Waals surface area contributed by atoms with Gasteiger partial charge in [-0.05, 0) is 92.6 Å². The number of aromatic nitrogens is 2. The Morgan fingerprint density at radius 2 is 1.91 bits per heavy atom. The maximum absolute atomic E-state index is 14.9. The van der Waals surface area contributed by atoms with Gasteiger partial charge in [-0.25, -0.2) is 14.2 Å². The summed E-state index contributed by atoms with van der Waals surface area (Å²) in [5.74, 6) is 0.374. The van der Waals surface area contributed by atoms with Crippen molar-refractivity contribution in [3.63, 3.8) is 0 Å². The van der Waals surface area contributed by atoms with Crippen molar-refractivity contribution in [1.82, 2.24) is 14.5 Å². The zero-order chi connectivity index (χ0) is 23.9. The van der Waals surface area contributed by atoms with Crippen LogP contribution in [0.1, 0.15) is 45.5 Å². The molecule has 9 heteroatoms. The summed E-state index contributed by atoms with van der Waals surface area (Å²) < 4.78 is 27.8. The Bertz CT molecular complexity index is 1270. The number of benzene rings is 2. The molecule has 2 heterocycles. The average molecular weight is 565 g/mol. The van der Waals surface area contributed by atoms with Crippen molar-refractivity contribution in [3.8, 4) is 11.4 Å². The van der Waals surface area contributed by atoms with Crippen LogP contribution in [0.3, 0.4) is 0 Å². The number of amides is 1. The van der Waals surface area contributed by atoms with Crippen LogP contribution in [0.5, 0.6) is 5.75 Å². The van der Waals surface area contributed by atoms with Crippen LogP contribution in [-0.4, -0.2) is 39.8 Å². The molecule has 0 N–H and O–H groups in total. The number of carbonyl (C=O) groups excluding carboxylic acids is 1. The summed E-state index contributed by atoms with van der Waals surface area (Å²) >= 11 is 1.98. The number of ether oxygens (including phenoxy) is 2. The second-order valence-electron chi connectivity index (χ2n) is 8.92. The summed E-state index contributed by atoms with van der Waals surface area (Å²) in [6.45, 7) is 5.86. The molecule has 1 fully saturated rings. The molecule has 1 aromatic heterocycles. The van der Waals surface area contributed by atoms with Crippen molar-refractivity contribution < 1.29 is 18.7 Å². The van der Waals surface area contributed by atoms with E-state index in [1.54, 1.807) is 63.1 Å². The van der Waals surface area contributed by atoms with Crippen LogP contribution in [0.15, 0.2) is 41.2 Å². The smallest absolute Gasteiger partial charge is 0.410 e. The van der Waals surface area contributed by atoms with Gasteiger partial charge < -0.3 is 9.47 Å². The number of likely N-dealkylation sites (tertiary alicyclic amines) is 1. The van der Waals surface area contributed by atoms with Crippen LogP contribution in [0.2, 0.25) is 0 Å². The van der Waals surface area contributed by atoms with Crippen molar-refractivity contribution in [2.45, 2.75) is 45.3 Å². The number of hydrogen-bond donors (Lipinski definition) is 0. The van der Waals surface area contributed by atoms with Crippen LogP contribution in [0.25, 0.3) is 16.6 Å². The zero-order valence-electron chi connectivity index (χ0n) is 18.9. The Balaban J connectivity index is 1.94. The van der Waals surface area contributed by atoms with Gasteiger partial charge in [0.1, 0.15) is 22.7 Å². The molecular formula is C24H25FIN3O4. The maximum atomic E-state index is 14.9. The van der Waals surface area contributed by atoms with Crippen molar-refractivity contribution >= 4 is 39.6 Å². The Kier molecular flexibility index (Phi) is 6.35. The van der Waals surface area contributed by atoms with Gasteiger partial charge >= 0.3 is 6.09 Å². The molecule has 3 aromatic rings. The molecule has 0 spiro atoms. The Hall–Kier alpha value is -2.69. The van der Waals surface area contributed by atoms with Gasteiger partial charge in [-0.1, -0.05) is 0 Å². The molecule has 2 aromatic carbocycles. The first-order valence-electron chi connectivity index (χ1n) is 10.6. The fourth-order valence-electron chi connectivity index (χ4n) is 4.01. The summed E-state index contributed by atoms with van der Waals surface area (Å²) in [5, 5.41) is 0.181. The van der Waals surface area contributed by atoms with E-state index in [2.05, 4.69) is 4.98 Å². The predicted octanol–water partition coefficient (Wildman–Crippen LogP) is 5.21. The van der Waals surface area contributed by atoms with Crippen LogP contribution >= 0.6 is 22.6 Å². The zero-order valence-corrected chi connectivity index (χ0v) is 21.1. The standard InChI is InChI=1S/C24H25FIN3O4/c1-24(2,3)33-23(31)28-11-5-6-19(28)21-27-20-17(12-14(26)13-18(20)25)22(30)29(21)15-7-9-16(32-4)10-8-15/h7-10,12-13,19H,5-6,11H2,1-4H3/t19-/m0/s1. The van der Waals surface area contributed by atoms with E-state index in [-0.39, 0.29) is 10.9 Å². The Labute approximate surface area is 204 Å². The van der Waals surface area contributed by atoms with E-state index in [1.807, 2.05) is 22.6 Å². The van der Waals surface area contributed by atoms with Crippen LogP contribution in [0, 0.1) is 9.39 Å². The minimum atomic E-state index is -0.667. The first kappa shape index (κ1) is 23.5. The number of hydrogen-bond acceptors (Lipinski definition) is 5. The highest BCUT2D eigenvalue weighted by Gasteiger charge is 2.36. The lowest BCUT2D eigenvalue weighted by atomic mass is 10.1. The number of fused-ring (bicyclic) bond motifs is 1. The summed E-state index contributed by atoms with van der Waals surface area (Å²) in [5.41, 5.74) is -0.509. The van der Waals surface area contributed by atoms with E-state index in [1.165, 1.54) is 10.6 Å². The number of methoxy groups -OCH3 is 1. The molecule has 0 saturated carbocycles. The molecule has 1 atom stereocenters. The topological polar surface area (TPSA) is 73.7 Å². The summed E-state index contributed by atoms with van der Waals surface area (Å²) in [7, 11) is 1.56. The lowest BCUT2D eigenvalue weighted by Gasteiger charge is -2.29. The van der Waals surface area contributed by atoms with Crippen LogP contribution in [-0.2, 0) is 4.74 Å². The minimum absolute atomic E-state index is 0.00350. The van der Waals surface area contributed by atoms with E-state index < -0.39 is 29.1 Å². The van der Waals surface area contributed by atoms with E-state index in [4.69, 9.17) is 9.47 Å². The molecule has 1 aliphatic rings. The largest absolute Gasteiger partial charge is 0.497 e. The third kappa shape index (κ3) is 4.68. The third-order valence-corrected chi connectivity index (χ3v) is 6.05. The second kappa shape index (κ2) is 8.92. The van der Waals surface area contributed by atoms with Gasteiger partial charge in [-0.15, -0.1) is 0 Å². The quantitative estimate of drug-likeness (QED) is 0.408. The fourth-order valence-corrected chi connectivity index (χ4v) is 4.60. The molecule has 0 bridgehead atoms. The van der Waals surface area contributed by atoms with Crippen molar-refractivity contribution in [3.05, 3.63) is 62.0 Å². The molecule has 0 aliphatic carbocycles. The van der Waals surface area contributed by atoms with Gasteiger partial charge in [0.2, 0.25) is 0 Å². The molecular weight excluding hydrogens is 540 g/mol. The predicted molar refractivity (Wildman–Crippen MR) is 131 cm³/mol. The minimum Gasteiger partial charge on any atom is -0.497 e. The molecule has 174 valence electrons. The fraction of sp³-hybridized carbons (Fsp3) is 0.375. The summed E-state index contributed by atoms with van der Waals surface area (Å²) in [6, 6.07) is 9.41. The van der Waals surface area contributed by atoms with Crippen molar-refractivity contribution in [1.29, 1.82) is 0 Å². The Morgan fingerprint density at radius 1 is 1.21 bits per heavy atom. The number of rotatable bonds is 3. The normalized spacial score (nSPS) is 16.3. The molecule has 1 amide bonds. The highest BCUT2D eigenvalue weighted by Crippen LogP contribution is 2.34. The summed E-state index contributed by atoms with van der Waals surface area (Å²) in [4.78, 5) is 32.8. The monoisotopic (exact) mass is 565 g/mol. The van der Waals surface area contributed by atoms with Gasteiger partial charge in [0.25, 0.3) is 5.56 Å². The van der Waals surface area contributed by atoms with E-state index >= 15 is 0 Å². The van der Waals surface area contributed by atoms with E-state index in [0.717, 1.165) is 6.42 Å². The molecule has 0 unspecified atom stereocenters.